The molecule has 8 heteroatoms. The van der Waals surface area contributed by atoms with Gasteiger partial charge >= 0.3 is 12.0 Å². The molecule has 0 aliphatic rings. The van der Waals surface area contributed by atoms with Gasteiger partial charge in [-0.05, 0) is 55.0 Å². The SMILES string of the molecule is Cc1cc(NC(=O)COC(=O)c2ccc(NC(N)=O)cc2)ccc1Br. The highest BCUT2D eigenvalue weighted by Crippen LogP contribution is 2.20. The van der Waals surface area contributed by atoms with Crippen LogP contribution in [0.15, 0.2) is 46.9 Å². The van der Waals surface area contributed by atoms with Crippen LogP contribution < -0.4 is 16.4 Å². The van der Waals surface area contributed by atoms with Gasteiger partial charge in [0.1, 0.15) is 0 Å². The van der Waals surface area contributed by atoms with Crippen molar-refractivity contribution in [1.29, 1.82) is 0 Å². The summed E-state index contributed by atoms with van der Waals surface area (Å²) < 4.78 is 5.90. The highest BCUT2D eigenvalue weighted by atomic mass is 79.9. The van der Waals surface area contributed by atoms with Crippen molar-refractivity contribution >= 4 is 45.2 Å². The lowest BCUT2D eigenvalue weighted by atomic mass is 10.2. The van der Waals surface area contributed by atoms with Crippen molar-refractivity contribution < 1.29 is 19.1 Å². The summed E-state index contributed by atoms with van der Waals surface area (Å²) in [5.41, 5.74) is 7.29. The van der Waals surface area contributed by atoms with Gasteiger partial charge in [-0.15, -0.1) is 0 Å². The molecular formula is C17H16BrN3O4. The lowest BCUT2D eigenvalue weighted by Gasteiger charge is -2.08. The minimum absolute atomic E-state index is 0.252. The van der Waals surface area contributed by atoms with Gasteiger partial charge in [0.25, 0.3) is 5.91 Å². The van der Waals surface area contributed by atoms with Gasteiger partial charge in [-0.2, -0.15) is 0 Å². The molecule has 0 aromatic heterocycles. The van der Waals surface area contributed by atoms with E-state index in [4.69, 9.17) is 10.5 Å². The average Bonchev–Trinajstić information content (AvgIpc) is 2.56. The summed E-state index contributed by atoms with van der Waals surface area (Å²) in [7, 11) is 0. The highest BCUT2D eigenvalue weighted by Gasteiger charge is 2.11. The van der Waals surface area contributed by atoms with Crippen molar-refractivity contribution in [3.8, 4) is 0 Å². The Morgan fingerprint density at radius 3 is 2.28 bits per heavy atom. The Bertz CT molecular complexity index is 806. The van der Waals surface area contributed by atoms with Crippen molar-refractivity contribution in [3.63, 3.8) is 0 Å². The van der Waals surface area contributed by atoms with Crippen molar-refractivity contribution in [2.24, 2.45) is 5.73 Å². The van der Waals surface area contributed by atoms with Crippen LogP contribution in [0, 0.1) is 6.92 Å². The Morgan fingerprint density at radius 2 is 1.68 bits per heavy atom. The first-order valence-corrected chi connectivity index (χ1v) is 8.04. The van der Waals surface area contributed by atoms with Gasteiger partial charge in [0.2, 0.25) is 0 Å². The van der Waals surface area contributed by atoms with E-state index in [1.54, 1.807) is 12.1 Å². The van der Waals surface area contributed by atoms with Gasteiger partial charge in [-0.1, -0.05) is 15.9 Å². The number of nitrogens with one attached hydrogen (secondary N) is 2. The van der Waals surface area contributed by atoms with Crippen LogP contribution in [-0.2, 0) is 9.53 Å². The predicted molar refractivity (Wildman–Crippen MR) is 97.4 cm³/mol. The number of hydrogen-bond donors (Lipinski definition) is 3. The van der Waals surface area contributed by atoms with E-state index < -0.39 is 24.5 Å². The molecule has 0 saturated heterocycles. The summed E-state index contributed by atoms with van der Waals surface area (Å²) in [5.74, 6) is -1.09. The Balaban J connectivity index is 1.87. The van der Waals surface area contributed by atoms with Crippen molar-refractivity contribution in [3.05, 3.63) is 58.1 Å². The van der Waals surface area contributed by atoms with Crippen LogP contribution in [0.1, 0.15) is 15.9 Å². The lowest BCUT2D eigenvalue weighted by Crippen LogP contribution is -2.21. The average molecular weight is 406 g/mol. The normalized spacial score (nSPS) is 10.0. The molecule has 0 radical (unpaired) electrons. The molecule has 4 N–H and O–H groups in total. The smallest absolute Gasteiger partial charge is 0.338 e. The van der Waals surface area contributed by atoms with E-state index in [9.17, 15) is 14.4 Å². The maximum atomic E-state index is 11.9. The summed E-state index contributed by atoms with van der Waals surface area (Å²) in [6, 6.07) is 10.6. The minimum Gasteiger partial charge on any atom is -0.452 e. The van der Waals surface area contributed by atoms with E-state index >= 15 is 0 Å². The molecule has 0 aliphatic carbocycles. The summed E-state index contributed by atoms with van der Waals surface area (Å²) in [6.45, 7) is 1.49. The second-order valence-electron chi connectivity index (χ2n) is 5.15. The molecule has 3 amide bonds. The minimum atomic E-state index is -0.699. The fourth-order valence-electron chi connectivity index (χ4n) is 1.97. The van der Waals surface area contributed by atoms with Gasteiger partial charge in [-0.3, -0.25) is 4.79 Å². The number of carbonyl (C=O) groups excluding carboxylic acids is 3. The molecule has 2 aromatic rings. The van der Waals surface area contributed by atoms with E-state index in [0.29, 0.717) is 11.4 Å². The summed E-state index contributed by atoms with van der Waals surface area (Å²) in [5, 5.41) is 5.03. The molecule has 0 heterocycles. The third-order valence-corrected chi connectivity index (χ3v) is 4.05. The van der Waals surface area contributed by atoms with Crippen molar-refractivity contribution in [2.75, 3.05) is 17.2 Å². The summed E-state index contributed by atoms with van der Waals surface area (Å²) in [4.78, 5) is 34.5. The molecule has 0 aliphatic heterocycles. The predicted octanol–water partition coefficient (Wildman–Crippen LogP) is 3.04. The van der Waals surface area contributed by atoms with Crippen molar-refractivity contribution in [1.82, 2.24) is 0 Å². The third-order valence-electron chi connectivity index (χ3n) is 3.16. The molecule has 0 spiro atoms. The van der Waals surface area contributed by atoms with Gasteiger partial charge in [0.05, 0.1) is 5.56 Å². The molecule has 130 valence electrons. The molecular weight excluding hydrogens is 390 g/mol. The van der Waals surface area contributed by atoms with Crippen LogP contribution in [0.25, 0.3) is 0 Å². The topological polar surface area (TPSA) is 111 Å². The Morgan fingerprint density at radius 1 is 1.04 bits per heavy atom. The number of urea groups is 1. The second kappa shape index (κ2) is 8.29. The Labute approximate surface area is 152 Å². The number of halogens is 1. The molecule has 0 bridgehead atoms. The van der Waals surface area contributed by atoms with Gasteiger partial charge in [0.15, 0.2) is 6.61 Å². The lowest BCUT2D eigenvalue weighted by molar-refractivity contribution is -0.119. The first kappa shape index (κ1) is 18.5. The zero-order valence-electron chi connectivity index (χ0n) is 13.3. The first-order chi connectivity index (χ1) is 11.8. The van der Waals surface area contributed by atoms with Crippen LogP contribution in [0.2, 0.25) is 0 Å². The summed E-state index contributed by atoms with van der Waals surface area (Å²) >= 11 is 3.38. The number of rotatable bonds is 5. The highest BCUT2D eigenvalue weighted by molar-refractivity contribution is 9.10. The molecule has 2 aromatic carbocycles. The number of ether oxygens (including phenoxy) is 1. The quantitative estimate of drug-likeness (QED) is 0.663. The van der Waals surface area contributed by atoms with E-state index in [0.717, 1.165) is 10.0 Å². The van der Waals surface area contributed by atoms with Crippen LogP contribution in [-0.4, -0.2) is 24.5 Å². The Kier molecular flexibility index (Phi) is 6.13. The molecule has 0 unspecified atom stereocenters. The maximum absolute atomic E-state index is 11.9. The number of carbonyl (C=O) groups is 3. The number of nitrogens with two attached hydrogens (primary N) is 1. The van der Waals surface area contributed by atoms with Gasteiger partial charge in [0, 0.05) is 15.8 Å². The fraction of sp³-hybridized carbons (Fsp3) is 0.118. The van der Waals surface area contributed by atoms with Crippen LogP contribution in [0.3, 0.4) is 0 Å². The number of hydrogen-bond acceptors (Lipinski definition) is 4. The first-order valence-electron chi connectivity index (χ1n) is 7.25. The standard InChI is InChI=1S/C17H16BrN3O4/c1-10-8-13(6-7-14(10)18)20-15(22)9-25-16(23)11-2-4-12(5-3-11)21-17(19)24/h2-8H,9H2,1H3,(H,20,22)(H3,19,21,24). The maximum Gasteiger partial charge on any atom is 0.338 e. The number of benzene rings is 2. The molecule has 0 saturated carbocycles. The number of amides is 3. The number of primary amides is 1. The van der Waals surface area contributed by atoms with Crippen LogP contribution in [0.4, 0.5) is 16.2 Å². The van der Waals surface area contributed by atoms with E-state index in [1.165, 1.54) is 24.3 Å². The third kappa shape index (κ3) is 5.61. The van der Waals surface area contributed by atoms with Gasteiger partial charge in [-0.25, -0.2) is 9.59 Å². The number of aryl methyl sites for hydroxylation is 1. The molecule has 0 fully saturated rings. The zero-order chi connectivity index (χ0) is 18.4. The monoisotopic (exact) mass is 405 g/mol. The van der Waals surface area contributed by atoms with Crippen LogP contribution >= 0.6 is 15.9 Å². The van der Waals surface area contributed by atoms with Gasteiger partial charge < -0.3 is 21.1 Å². The number of esters is 1. The van der Waals surface area contributed by atoms with Crippen molar-refractivity contribution in [2.45, 2.75) is 6.92 Å². The number of anilines is 2. The van der Waals surface area contributed by atoms with E-state index in [2.05, 4.69) is 26.6 Å². The largest absolute Gasteiger partial charge is 0.452 e. The molecule has 0 atom stereocenters. The molecule has 25 heavy (non-hydrogen) atoms. The Hall–Kier alpha value is -2.87. The van der Waals surface area contributed by atoms with E-state index in [1.807, 2.05) is 13.0 Å². The van der Waals surface area contributed by atoms with Crippen LogP contribution in [0.5, 0.6) is 0 Å². The molecule has 7 nitrogen and oxygen atoms in total. The zero-order valence-corrected chi connectivity index (χ0v) is 14.9. The second-order valence-corrected chi connectivity index (χ2v) is 6.01. The summed E-state index contributed by atoms with van der Waals surface area (Å²) in [6.07, 6.45) is 0. The molecule has 2 rings (SSSR count). The fourth-order valence-corrected chi connectivity index (χ4v) is 2.21. The van der Waals surface area contributed by atoms with E-state index in [-0.39, 0.29) is 5.56 Å².